The molecular weight excluding hydrogens is 288 g/mol. The van der Waals surface area contributed by atoms with Crippen molar-refractivity contribution in [2.24, 2.45) is 0 Å². The van der Waals surface area contributed by atoms with Gasteiger partial charge in [-0.3, -0.25) is 0 Å². The van der Waals surface area contributed by atoms with E-state index in [9.17, 15) is 8.42 Å². The molecule has 2 aliphatic heterocycles. The SMILES string of the molecule is C[C@@H]1CCCCN1S(=O)(=O)N[C@H]1COc2ccccc2C1. The highest BCUT2D eigenvalue weighted by atomic mass is 32.2. The van der Waals surface area contributed by atoms with Crippen molar-refractivity contribution in [1.29, 1.82) is 0 Å². The van der Waals surface area contributed by atoms with Gasteiger partial charge in [0.25, 0.3) is 10.2 Å². The van der Waals surface area contributed by atoms with Crippen LogP contribution in [-0.2, 0) is 16.6 Å². The Bertz CT molecular complexity index is 603. The fraction of sp³-hybridized carbons (Fsp3) is 0.600. The van der Waals surface area contributed by atoms with E-state index in [4.69, 9.17) is 4.74 Å². The fourth-order valence-electron chi connectivity index (χ4n) is 3.11. The first kappa shape index (κ1) is 14.8. The van der Waals surface area contributed by atoms with Crippen LogP contribution in [0.2, 0.25) is 0 Å². The standard InChI is InChI=1S/C15H22N2O3S/c1-12-6-4-5-9-17(12)21(18,19)16-14-10-13-7-2-3-8-15(13)20-11-14/h2-3,7-8,12,14,16H,4-6,9-11H2,1H3/t12-,14-/m1/s1. The third-order valence-electron chi connectivity index (χ3n) is 4.25. The zero-order chi connectivity index (χ0) is 14.9. The van der Waals surface area contributed by atoms with E-state index in [2.05, 4.69) is 4.72 Å². The first-order valence-electron chi connectivity index (χ1n) is 7.56. The van der Waals surface area contributed by atoms with Gasteiger partial charge in [-0.05, 0) is 37.8 Å². The summed E-state index contributed by atoms with van der Waals surface area (Å²) in [6.45, 7) is 2.98. The van der Waals surface area contributed by atoms with Crippen molar-refractivity contribution >= 4 is 10.2 Å². The smallest absolute Gasteiger partial charge is 0.280 e. The average Bonchev–Trinajstić information content (AvgIpc) is 2.47. The second-order valence-electron chi connectivity index (χ2n) is 5.90. The Morgan fingerprint density at radius 3 is 2.90 bits per heavy atom. The van der Waals surface area contributed by atoms with E-state index in [1.165, 1.54) is 0 Å². The van der Waals surface area contributed by atoms with Gasteiger partial charge in [-0.15, -0.1) is 0 Å². The Morgan fingerprint density at radius 2 is 2.10 bits per heavy atom. The third kappa shape index (κ3) is 3.22. The molecule has 0 bridgehead atoms. The molecule has 3 rings (SSSR count). The van der Waals surface area contributed by atoms with Crippen LogP contribution in [0.3, 0.4) is 0 Å². The minimum atomic E-state index is -3.43. The van der Waals surface area contributed by atoms with Crippen molar-refractivity contribution < 1.29 is 13.2 Å². The maximum Gasteiger partial charge on any atom is 0.280 e. The molecule has 1 fully saturated rings. The van der Waals surface area contributed by atoms with Gasteiger partial charge in [-0.2, -0.15) is 17.4 Å². The predicted octanol–water partition coefficient (Wildman–Crippen LogP) is 1.70. The van der Waals surface area contributed by atoms with Crippen molar-refractivity contribution in [3.63, 3.8) is 0 Å². The Labute approximate surface area is 126 Å². The summed E-state index contributed by atoms with van der Waals surface area (Å²) in [7, 11) is -3.43. The van der Waals surface area contributed by atoms with Crippen LogP contribution < -0.4 is 9.46 Å². The van der Waals surface area contributed by atoms with Crippen molar-refractivity contribution in [3.05, 3.63) is 29.8 Å². The van der Waals surface area contributed by atoms with Crippen molar-refractivity contribution in [2.45, 2.75) is 44.7 Å². The average molecular weight is 310 g/mol. The summed E-state index contributed by atoms with van der Waals surface area (Å²) in [5.74, 6) is 0.860. The number of fused-ring (bicyclic) bond motifs is 1. The Morgan fingerprint density at radius 1 is 1.29 bits per heavy atom. The molecule has 5 nitrogen and oxygen atoms in total. The van der Waals surface area contributed by atoms with Crippen LogP contribution in [-0.4, -0.2) is 38.0 Å². The van der Waals surface area contributed by atoms with Crippen LogP contribution in [0.15, 0.2) is 24.3 Å². The molecule has 0 amide bonds. The third-order valence-corrected chi connectivity index (χ3v) is 6.04. The second kappa shape index (κ2) is 5.94. The molecule has 21 heavy (non-hydrogen) atoms. The molecule has 2 aliphatic rings. The number of hydrogen-bond donors (Lipinski definition) is 1. The van der Waals surface area contributed by atoms with Crippen molar-refractivity contribution in [1.82, 2.24) is 9.03 Å². The van der Waals surface area contributed by atoms with E-state index in [1.807, 2.05) is 31.2 Å². The number of piperidine rings is 1. The Kier molecular flexibility index (Phi) is 4.19. The lowest BCUT2D eigenvalue weighted by molar-refractivity contribution is 0.238. The lowest BCUT2D eigenvalue weighted by Crippen LogP contribution is -2.53. The van der Waals surface area contributed by atoms with E-state index in [-0.39, 0.29) is 12.1 Å². The summed E-state index contributed by atoms with van der Waals surface area (Å²) >= 11 is 0. The van der Waals surface area contributed by atoms with Gasteiger partial charge in [0, 0.05) is 12.6 Å². The van der Waals surface area contributed by atoms with E-state index in [1.54, 1.807) is 4.31 Å². The highest BCUT2D eigenvalue weighted by molar-refractivity contribution is 7.87. The van der Waals surface area contributed by atoms with E-state index in [0.717, 1.165) is 30.6 Å². The number of ether oxygens (including phenoxy) is 1. The monoisotopic (exact) mass is 310 g/mol. The molecule has 0 radical (unpaired) electrons. The summed E-state index contributed by atoms with van der Waals surface area (Å²) in [6, 6.07) is 7.67. The van der Waals surface area contributed by atoms with Crippen LogP contribution in [0, 0.1) is 0 Å². The highest BCUT2D eigenvalue weighted by Gasteiger charge is 2.32. The molecule has 0 aliphatic carbocycles. The molecule has 0 unspecified atom stereocenters. The first-order valence-corrected chi connectivity index (χ1v) is 9.00. The molecular formula is C15H22N2O3S. The van der Waals surface area contributed by atoms with E-state index in [0.29, 0.717) is 19.6 Å². The lowest BCUT2D eigenvalue weighted by Gasteiger charge is -2.34. The van der Waals surface area contributed by atoms with Gasteiger partial charge in [0.2, 0.25) is 0 Å². The number of nitrogens with one attached hydrogen (secondary N) is 1. The summed E-state index contributed by atoms with van der Waals surface area (Å²) in [5, 5.41) is 0. The van der Waals surface area contributed by atoms with E-state index >= 15 is 0 Å². The maximum absolute atomic E-state index is 12.5. The van der Waals surface area contributed by atoms with Crippen molar-refractivity contribution in [3.8, 4) is 5.75 Å². The summed E-state index contributed by atoms with van der Waals surface area (Å²) < 4.78 is 35.1. The topological polar surface area (TPSA) is 58.6 Å². The van der Waals surface area contributed by atoms with Crippen LogP contribution >= 0.6 is 0 Å². The van der Waals surface area contributed by atoms with Crippen LogP contribution in [0.25, 0.3) is 0 Å². The molecule has 0 spiro atoms. The highest BCUT2D eigenvalue weighted by Crippen LogP contribution is 2.25. The van der Waals surface area contributed by atoms with E-state index < -0.39 is 10.2 Å². The van der Waals surface area contributed by atoms with Gasteiger partial charge in [0.1, 0.15) is 12.4 Å². The molecule has 1 N–H and O–H groups in total. The molecule has 0 saturated carbocycles. The van der Waals surface area contributed by atoms with Crippen LogP contribution in [0.1, 0.15) is 31.7 Å². The number of rotatable bonds is 3. The molecule has 2 atom stereocenters. The van der Waals surface area contributed by atoms with Gasteiger partial charge in [-0.25, -0.2) is 0 Å². The summed E-state index contributed by atoms with van der Waals surface area (Å²) in [5.41, 5.74) is 1.06. The molecule has 1 aromatic rings. The minimum absolute atomic E-state index is 0.0769. The summed E-state index contributed by atoms with van der Waals surface area (Å²) in [6.07, 6.45) is 3.66. The van der Waals surface area contributed by atoms with Gasteiger partial charge >= 0.3 is 0 Å². The fourth-order valence-corrected chi connectivity index (χ4v) is 4.77. The van der Waals surface area contributed by atoms with Gasteiger partial charge in [0.05, 0.1) is 6.04 Å². The largest absolute Gasteiger partial charge is 0.492 e. The number of hydrogen-bond acceptors (Lipinski definition) is 3. The van der Waals surface area contributed by atoms with Gasteiger partial charge in [-0.1, -0.05) is 24.6 Å². The predicted molar refractivity (Wildman–Crippen MR) is 81.5 cm³/mol. The Balaban J connectivity index is 1.69. The first-order chi connectivity index (χ1) is 10.1. The number of nitrogens with zero attached hydrogens (tertiary/aromatic N) is 1. The van der Waals surface area contributed by atoms with Crippen LogP contribution in [0.5, 0.6) is 5.75 Å². The quantitative estimate of drug-likeness (QED) is 0.924. The van der Waals surface area contributed by atoms with Crippen LogP contribution in [0.4, 0.5) is 0 Å². The minimum Gasteiger partial charge on any atom is -0.492 e. The molecule has 1 aromatic carbocycles. The molecule has 116 valence electrons. The molecule has 0 aromatic heterocycles. The normalized spacial score (nSPS) is 26.9. The second-order valence-corrected chi connectivity index (χ2v) is 7.55. The lowest BCUT2D eigenvalue weighted by atomic mass is 10.0. The number of benzene rings is 1. The molecule has 1 saturated heterocycles. The summed E-state index contributed by atoms with van der Waals surface area (Å²) in [4.78, 5) is 0. The maximum atomic E-state index is 12.5. The zero-order valence-corrected chi connectivity index (χ0v) is 13.1. The molecule has 2 heterocycles. The van der Waals surface area contributed by atoms with Gasteiger partial charge in [0.15, 0.2) is 0 Å². The Hall–Kier alpha value is -1.11. The molecule has 6 heteroatoms. The van der Waals surface area contributed by atoms with Gasteiger partial charge < -0.3 is 4.74 Å². The number of para-hydroxylation sites is 1. The van der Waals surface area contributed by atoms with Crippen molar-refractivity contribution in [2.75, 3.05) is 13.2 Å². The zero-order valence-electron chi connectivity index (χ0n) is 12.3.